The van der Waals surface area contributed by atoms with Gasteiger partial charge in [-0.15, -0.1) is 0 Å². The Morgan fingerprint density at radius 3 is 2.33 bits per heavy atom. The van der Waals surface area contributed by atoms with Gasteiger partial charge in [0.25, 0.3) is 0 Å². The molecule has 0 radical (unpaired) electrons. The van der Waals surface area contributed by atoms with E-state index in [2.05, 4.69) is 12.2 Å². The highest BCUT2D eigenvalue weighted by Gasteiger charge is 2.15. The lowest BCUT2D eigenvalue weighted by atomic mass is 9.97. The molecular formula is C17H18F3N. The molecule has 0 aliphatic carbocycles. The maximum atomic E-state index is 13.8. The summed E-state index contributed by atoms with van der Waals surface area (Å²) in [6.45, 7) is 5.58. The van der Waals surface area contributed by atoms with Gasteiger partial charge in [-0.1, -0.05) is 25.1 Å². The third kappa shape index (κ3) is 3.45. The topological polar surface area (TPSA) is 12.0 Å². The summed E-state index contributed by atoms with van der Waals surface area (Å²) in [6.07, 6.45) is 1.05. The van der Waals surface area contributed by atoms with Gasteiger partial charge in [0.05, 0.1) is 0 Å². The summed E-state index contributed by atoms with van der Waals surface area (Å²) < 4.78 is 40.2. The zero-order valence-corrected chi connectivity index (χ0v) is 12.1. The molecule has 0 amide bonds. The van der Waals surface area contributed by atoms with Gasteiger partial charge < -0.3 is 5.32 Å². The van der Waals surface area contributed by atoms with Crippen molar-refractivity contribution in [2.45, 2.75) is 26.8 Å². The Morgan fingerprint density at radius 2 is 1.67 bits per heavy atom. The van der Waals surface area contributed by atoms with Gasteiger partial charge in [0.15, 0.2) is 17.5 Å². The first kappa shape index (κ1) is 15.6. The van der Waals surface area contributed by atoms with Crippen LogP contribution in [0, 0.1) is 24.4 Å². The van der Waals surface area contributed by atoms with Crippen molar-refractivity contribution in [2.24, 2.45) is 0 Å². The average Bonchev–Trinajstić information content (AvgIpc) is 2.46. The minimum atomic E-state index is -1.43. The second-order valence-corrected chi connectivity index (χ2v) is 5.05. The molecule has 0 bridgehead atoms. The van der Waals surface area contributed by atoms with Crippen LogP contribution in [0.5, 0.6) is 0 Å². The van der Waals surface area contributed by atoms with Crippen LogP contribution in [-0.2, 0) is 6.54 Å². The molecule has 0 aliphatic rings. The van der Waals surface area contributed by atoms with Crippen molar-refractivity contribution < 1.29 is 13.2 Å². The lowest BCUT2D eigenvalue weighted by Crippen LogP contribution is -2.13. The monoisotopic (exact) mass is 293 g/mol. The third-order valence-electron chi connectivity index (χ3n) is 3.37. The van der Waals surface area contributed by atoms with Crippen molar-refractivity contribution in [3.8, 4) is 11.1 Å². The van der Waals surface area contributed by atoms with E-state index in [4.69, 9.17) is 0 Å². The summed E-state index contributed by atoms with van der Waals surface area (Å²) in [6, 6.07) is 7.76. The fourth-order valence-corrected chi connectivity index (χ4v) is 2.28. The van der Waals surface area contributed by atoms with Crippen molar-refractivity contribution in [1.82, 2.24) is 5.32 Å². The van der Waals surface area contributed by atoms with Gasteiger partial charge >= 0.3 is 0 Å². The number of halogens is 3. The van der Waals surface area contributed by atoms with E-state index in [0.29, 0.717) is 5.56 Å². The zero-order chi connectivity index (χ0) is 15.4. The fraction of sp³-hybridized carbons (Fsp3) is 0.294. The second-order valence-electron chi connectivity index (χ2n) is 5.05. The van der Waals surface area contributed by atoms with Crippen molar-refractivity contribution in [1.29, 1.82) is 0 Å². The van der Waals surface area contributed by atoms with Crippen molar-refractivity contribution in [3.05, 3.63) is 58.9 Å². The summed E-state index contributed by atoms with van der Waals surface area (Å²) in [5, 5.41) is 3.28. The van der Waals surface area contributed by atoms with E-state index < -0.39 is 17.5 Å². The van der Waals surface area contributed by atoms with Crippen LogP contribution in [0.2, 0.25) is 0 Å². The van der Waals surface area contributed by atoms with E-state index in [-0.39, 0.29) is 5.56 Å². The average molecular weight is 293 g/mol. The first-order chi connectivity index (χ1) is 10.0. The maximum Gasteiger partial charge on any atom is 0.195 e. The SMILES string of the molecule is CCCNCc1ccc(-c2ccc(F)c(F)c2F)c(C)c1. The summed E-state index contributed by atoms with van der Waals surface area (Å²) >= 11 is 0. The van der Waals surface area contributed by atoms with Crippen molar-refractivity contribution >= 4 is 0 Å². The molecule has 2 rings (SSSR count). The van der Waals surface area contributed by atoms with Gasteiger partial charge in [0.2, 0.25) is 0 Å². The van der Waals surface area contributed by atoms with E-state index >= 15 is 0 Å². The molecule has 4 heteroatoms. The molecule has 0 saturated carbocycles. The van der Waals surface area contributed by atoms with Crippen LogP contribution in [0.15, 0.2) is 30.3 Å². The van der Waals surface area contributed by atoms with Crippen molar-refractivity contribution in [3.63, 3.8) is 0 Å². The van der Waals surface area contributed by atoms with Gasteiger partial charge in [-0.05, 0) is 48.7 Å². The second kappa shape index (κ2) is 6.76. The molecular weight excluding hydrogens is 275 g/mol. The molecule has 2 aromatic rings. The number of hydrogen-bond acceptors (Lipinski definition) is 1. The Kier molecular flexibility index (Phi) is 5.02. The maximum absolute atomic E-state index is 13.8. The molecule has 0 unspecified atom stereocenters. The van der Waals surface area contributed by atoms with Crippen LogP contribution in [0.4, 0.5) is 13.2 Å². The van der Waals surface area contributed by atoms with Crippen molar-refractivity contribution in [2.75, 3.05) is 6.54 Å². The predicted octanol–water partition coefficient (Wildman–Crippen LogP) is 4.58. The number of nitrogens with one attached hydrogen (secondary N) is 1. The van der Waals surface area contributed by atoms with Crippen LogP contribution in [0.25, 0.3) is 11.1 Å². The van der Waals surface area contributed by atoms with Gasteiger partial charge in [-0.3, -0.25) is 0 Å². The lowest BCUT2D eigenvalue weighted by Gasteiger charge is -2.11. The zero-order valence-electron chi connectivity index (χ0n) is 12.1. The quantitative estimate of drug-likeness (QED) is 0.628. The highest BCUT2D eigenvalue weighted by Crippen LogP contribution is 2.29. The third-order valence-corrected chi connectivity index (χ3v) is 3.37. The molecule has 0 heterocycles. The van der Waals surface area contributed by atoms with E-state index in [1.165, 1.54) is 6.07 Å². The Bertz CT molecular complexity index is 638. The Labute approximate surface area is 122 Å². The number of hydrogen-bond donors (Lipinski definition) is 1. The Hall–Kier alpha value is -1.81. The molecule has 0 spiro atoms. The van der Waals surface area contributed by atoms with Crippen LogP contribution in [0.3, 0.4) is 0 Å². The van der Waals surface area contributed by atoms with E-state index in [0.717, 1.165) is 36.7 Å². The highest BCUT2D eigenvalue weighted by molar-refractivity contribution is 5.68. The van der Waals surface area contributed by atoms with Crippen LogP contribution >= 0.6 is 0 Å². The van der Waals surface area contributed by atoms with Crippen LogP contribution in [0.1, 0.15) is 24.5 Å². The number of benzene rings is 2. The molecule has 112 valence electrons. The van der Waals surface area contributed by atoms with Gasteiger partial charge in [-0.25, -0.2) is 13.2 Å². The molecule has 1 nitrogen and oxygen atoms in total. The van der Waals surface area contributed by atoms with E-state index in [9.17, 15) is 13.2 Å². The molecule has 0 fully saturated rings. The lowest BCUT2D eigenvalue weighted by molar-refractivity contribution is 0.449. The summed E-state index contributed by atoms with van der Waals surface area (Å²) in [5.74, 6) is -3.75. The predicted molar refractivity (Wildman–Crippen MR) is 78.5 cm³/mol. The Morgan fingerprint density at radius 1 is 0.952 bits per heavy atom. The van der Waals surface area contributed by atoms with Gasteiger partial charge in [0, 0.05) is 12.1 Å². The molecule has 0 saturated heterocycles. The molecule has 0 aromatic heterocycles. The standard InChI is InChI=1S/C17H18F3N/c1-3-8-21-10-12-4-5-13(11(2)9-12)14-6-7-15(18)17(20)16(14)19/h4-7,9,21H,3,8,10H2,1-2H3. The molecule has 0 aliphatic heterocycles. The van der Waals surface area contributed by atoms with Crippen LogP contribution in [-0.4, -0.2) is 6.54 Å². The first-order valence-corrected chi connectivity index (χ1v) is 6.98. The molecule has 0 atom stereocenters. The molecule has 21 heavy (non-hydrogen) atoms. The number of aryl methyl sites for hydroxylation is 1. The summed E-state index contributed by atoms with van der Waals surface area (Å²) in [5.41, 5.74) is 2.56. The van der Waals surface area contributed by atoms with Gasteiger partial charge in [0.1, 0.15) is 0 Å². The largest absolute Gasteiger partial charge is 0.313 e. The Balaban J connectivity index is 2.31. The fourth-order valence-electron chi connectivity index (χ4n) is 2.28. The smallest absolute Gasteiger partial charge is 0.195 e. The highest BCUT2D eigenvalue weighted by atomic mass is 19.2. The first-order valence-electron chi connectivity index (χ1n) is 6.98. The normalized spacial score (nSPS) is 10.9. The van der Waals surface area contributed by atoms with Crippen LogP contribution < -0.4 is 5.32 Å². The minimum Gasteiger partial charge on any atom is -0.313 e. The summed E-state index contributed by atoms with van der Waals surface area (Å²) in [4.78, 5) is 0. The molecule has 2 aromatic carbocycles. The van der Waals surface area contributed by atoms with Gasteiger partial charge in [-0.2, -0.15) is 0 Å². The summed E-state index contributed by atoms with van der Waals surface area (Å²) in [7, 11) is 0. The minimum absolute atomic E-state index is 0.0828. The van der Waals surface area contributed by atoms with E-state index in [1.807, 2.05) is 19.1 Å². The van der Waals surface area contributed by atoms with E-state index in [1.54, 1.807) is 6.07 Å². The number of rotatable bonds is 5. The molecule has 1 N–H and O–H groups in total.